The van der Waals surface area contributed by atoms with Gasteiger partial charge in [0.1, 0.15) is 0 Å². The zero-order chi connectivity index (χ0) is 23.9. The van der Waals surface area contributed by atoms with E-state index in [4.69, 9.17) is 14.6 Å². The average Bonchev–Trinajstić information content (AvgIpc) is 3.40. The number of aliphatic hydroxyl groups is 1. The Balaban J connectivity index is 0.000000601. The van der Waals surface area contributed by atoms with Gasteiger partial charge in [-0.15, -0.1) is 0 Å². The number of amides is 1. The molecule has 0 bridgehead atoms. The number of aliphatic hydroxyl groups excluding tert-OH is 1. The van der Waals surface area contributed by atoms with Gasteiger partial charge in [-0.25, -0.2) is 4.79 Å². The number of carbonyl (C=O) groups excluding carboxylic acids is 2. The number of benzene rings is 1. The molecule has 1 aliphatic carbocycles. The van der Waals surface area contributed by atoms with E-state index in [0.29, 0.717) is 35.6 Å². The van der Waals surface area contributed by atoms with Crippen LogP contribution in [-0.4, -0.2) is 77.4 Å². The molecule has 1 aromatic carbocycles. The molecule has 3 heterocycles. The zero-order valence-corrected chi connectivity index (χ0v) is 18.5. The Hall–Kier alpha value is -3.21. The number of ketones is 2. The highest BCUT2D eigenvalue weighted by Gasteiger charge is 2.72. The van der Waals surface area contributed by atoms with E-state index in [1.54, 1.807) is 14.0 Å². The Morgan fingerprint density at radius 1 is 1.30 bits per heavy atom. The summed E-state index contributed by atoms with van der Waals surface area (Å²) in [7, 11) is 1.59. The van der Waals surface area contributed by atoms with Gasteiger partial charge in [0, 0.05) is 37.4 Å². The van der Waals surface area contributed by atoms with E-state index in [9.17, 15) is 14.7 Å². The predicted octanol–water partition coefficient (Wildman–Crippen LogP) is -0.257. The molecule has 1 aromatic rings. The fourth-order valence-electron chi connectivity index (χ4n) is 5.33. The zero-order valence-electron chi connectivity index (χ0n) is 18.5. The molecule has 4 atom stereocenters. The molecule has 33 heavy (non-hydrogen) atoms. The summed E-state index contributed by atoms with van der Waals surface area (Å²) < 4.78 is 5.90. The second-order valence-electron chi connectivity index (χ2n) is 8.47. The normalized spacial score (nSPS) is 29.3. The number of ether oxygens (including phenoxy) is 1. The van der Waals surface area contributed by atoms with Crippen LogP contribution in [0.15, 0.2) is 52.9 Å². The second kappa shape index (κ2) is 8.62. The molecule has 10 nitrogen and oxygen atoms in total. The van der Waals surface area contributed by atoms with Crippen molar-refractivity contribution in [2.24, 2.45) is 11.7 Å². The summed E-state index contributed by atoms with van der Waals surface area (Å²) in [5.41, 5.74) is 5.90. The van der Waals surface area contributed by atoms with Crippen LogP contribution >= 0.6 is 0 Å². The maximum Gasteiger partial charge on any atom is 0.402 e. The van der Waals surface area contributed by atoms with Crippen molar-refractivity contribution < 1.29 is 29.3 Å². The summed E-state index contributed by atoms with van der Waals surface area (Å²) in [6.45, 7) is 2.61. The Morgan fingerprint density at radius 3 is 2.58 bits per heavy atom. The average molecular weight is 456 g/mol. The lowest BCUT2D eigenvalue weighted by Gasteiger charge is -2.39. The van der Waals surface area contributed by atoms with Crippen LogP contribution < -0.4 is 16.4 Å². The lowest BCUT2D eigenvalue weighted by atomic mass is 9.82. The number of hydrogen-bond donors (Lipinski definition) is 5. The molecule has 0 aromatic heterocycles. The molecule has 2 saturated heterocycles. The highest BCUT2D eigenvalue weighted by atomic mass is 16.5. The molecule has 0 spiro atoms. The highest BCUT2D eigenvalue weighted by molar-refractivity contribution is 6.25. The molecule has 1 amide bonds. The van der Waals surface area contributed by atoms with E-state index in [-0.39, 0.29) is 30.3 Å². The Labute approximate surface area is 191 Å². The van der Waals surface area contributed by atoms with Crippen LogP contribution in [0, 0.1) is 5.92 Å². The van der Waals surface area contributed by atoms with Gasteiger partial charge in [0.25, 0.3) is 0 Å². The largest absolute Gasteiger partial charge is 0.465 e. The van der Waals surface area contributed by atoms with Gasteiger partial charge in [0.2, 0.25) is 11.6 Å². The van der Waals surface area contributed by atoms with Crippen LogP contribution in [0.3, 0.4) is 0 Å². The number of Topliss-reactive ketones (excluding diaryl/α,β-unsaturated/α-hetero) is 2. The van der Waals surface area contributed by atoms with Crippen LogP contribution in [0.5, 0.6) is 0 Å². The van der Waals surface area contributed by atoms with Crippen molar-refractivity contribution in [2.45, 2.75) is 31.2 Å². The number of methoxy groups -OCH3 is 1. The number of nitrogens with two attached hydrogens (primary N) is 1. The molecule has 10 heteroatoms. The lowest BCUT2D eigenvalue weighted by molar-refractivity contribution is -0.137. The van der Waals surface area contributed by atoms with Gasteiger partial charge in [-0.2, -0.15) is 0 Å². The molecule has 4 aliphatic rings. The number of nitrogens with zero attached hydrogens (tertiary/aromatic N) is 1. The summed E-state index contributed by atoms with van der Waals surface area (Å²) in [5, 5.41) is 23.9. The Kier molecular flexibility index (Phi) is 6.00. The van der Waals surface area contributed by atoms with Gasteiger partial charge in [0.15, 0.2) is 5.72 Å². The first-order valence-electron chi connectivity index (χ1n) is 10.8. The molecule has 4 unspecified atom stereocenters. The molecular weight excluding hydrogens is 428 g/mol. The SMILES string of the molecule is COC12C(CO)C3=C(C(=O)C(C)=C(NCCc4ccccc4)C3=O)N1CC1NC12.NC(=O)O. The molecule has 5 rings (SSSR count). The third kappa shape index (κ3) is 3.60. The fourth-order valence-corrected chi connectivity index (χ4v) is 5.33. The smallest absolute Gasteiger partial charge is 0.402 e. The van der Waals surface area contributed by atoms with E-state index in [0.717, 1.165) is 12.0 Å². The number of primary amides is 1. The fraction of sp³-hybridized carbons (Fsp3) is 0.435. The van der Waals surface area contributed by atoms with Crippen LogP contribution in [-0.2, 0) is 20.7 Å². The minimum Gasteiger partial charge on any atom is -0.465 e. The molecular formula is C23H28N4O6. The number of fused-ring (bicyclic) bond motifs is 4. The van der Waals surface area contributed by atoms with Crippen molar-refractivity contribution in [3.63, 3.8) is 0 Å². The molecule has 3 aliphatic heterocycles. The highest BCUT2D eigenvalue weighted by Crippen LogP contribution is 2.55. The molecule has 2 fully saturated rings. The number of allylic oxidation sites excluding steroid dienone is 2. The maximum absolute atomic E-state index is 13.4. The van der Waals surface area contributed by atoms with Crippen molar-refractivity contribution in [1.29, 1.82) is 0 Å². The summed E-state index contributed by atoms with van der Waals surface area (Å²) in [5.74, 6) is -0.907. The Morgan fingerprint density at radius 2 is 1.97 bits per heavy atom. The lowest BCUT2D eigenvalue weighted by Crippen LogP contribution is -2.54. The van der Waals surface area contributed by atoms with Crippen LogP contribution in [0.4, 0.5) is 4.79 Å². The topological polar surface area (TPSA) is 164 Å². The molecule has 176 valence electrons. The quantitative estimate of drug-likeness (QED) is 0.287. The van der Waals surface area contributed by atoms with Gasteiger partial charge in [-0.05, 0) is 18.9 Å². The number of rotatable bonds is 6. The van der Waals surface area contributed by atoms with Gasteiger partial charge in [0.05, 0.1) is 30.0 Å². The number of piperazine rings is 1. The third-order valence-corrected chi connectivity index (χ3v) is 6.78. The number of carbonyl (C=O) groups is 3. The van der Waals surface area contributed by atoms with Crippen molar-refractivity contribution in [1.82, 2.24) is 15.5 Å². The Bertz CT molecular complexity index is 1050. The molecule has 0 radical (unpaired) electrons. The van der Waals surface area contributed by atoms with Gasteiger partial charge in [-0.1, -0.05) is 30.3 Å². The number of carboxylic acid groups (broad SMARTS) is 1. The van der Waals surface area contributed by atoms with Crippen LogP contribution in [0.25, 0.3) is 0 Å². The van der Waals surface area contributed by atoms with E-state index < -0.39 is 17.7 Å². The van der Waals surface area contributed by atoms with Crippen molar-refractivity contribution in [3.8, 4) is 0 Å². The third-order valence-electron chi connectivity index (χ3n) is 6.78. The summed E-state index contributed by atoms with van der Waals surface area (Å²) in [6, 6.07) is 10.2. The summed E-state index contributed by atoms with van der Waals surface area (Å²) in [4.78, 5) is 37.4. The van der Waals surface area contributed by atoms with E-state index in [1.807, 2.05) is 35.2 Å². The van der Waals surface area contributed by atoms with Gasteiger partial charge in [-0.3, -0.25) is 9.59 Å². The van der Waals surface area contributed by atoms with E-state index in [2.05, 4.69) is 16.4 Å². The maximum atomic E-state index is 13.4. The molecule has 0 saturated carbocycles. The monoisotopic (exact) mass is 456 g/mol. The summed E-state index contributed by atoms with van der Waals surface area (Å²) >= 11 is 0. The van der Waals surface area contributed by atoms with E-state index in [1.165, 1.54) is 0 Å². The second-order valence-corrected chi connectivity index (χ2v) is 8.47. The number of nitrogens with one attached hydrogen (secondary N) is 2. The van der Waals surface area contributed by atoms with Crippen LogP contribution in [0.2, 0.25) is 0 Å². The minimum absolute atomic E-state index is 0.0191. The van der Waals surface area contributed by atoms with Crippen molar-refractivity contribution in [3.05, 3.63) is 58.4 Å². The van der Waals surface area contributed by atoms with Crippen molar-refractivity contribution >= 4 is 17.7 Å². The summed E-state index contributed by atoms with van der Waals surface area (Å²) in [6.07, 6.45) is -0.587. The standard InChI is InChI=1S/C22H25N3O4.CH3NO2/c1-12-17(23-9-8-13-6-4-3-5-7-13)20(28)16-14(11-26)22(29-2)21-15(24-21)10-25(22)18(16)19(12)27;2-1(3)4/h3-7,14-15,21,23-24,26H,8-11H2,1-2H3;2H2,(H,3,4). The van der Waals surface area contributed by atoms with Gasteiger partial charge >= 0.3 is 6.09 Å². The van der Waals surface area contributed by atoms with E-state index >= 15 is 0 Å². The first kappa shape index (κ1) is 23.0. The van der Waals surface area contributed by atoms with Crippen LogP contribution in [0.1, 0.15) is 12.5 Å². The van der Waals surface area contributed by atoms with Crippen molar-refractivity contribution in [2.75, 3.05) is 26.8 Å². The first-order valence-corrected chi connectivity index (χ1v) is 10.8. The predicted molar refractivity (Wildman–Crippen MR) is 118 cm³/mol. The minimum atomic E-state index is -1.33. The first-order chi connectivity index (χ1) is 15.8. The molecule has 6 N–H and O–H groups in total. The van der Waals surface area contributed by atoms with Gasteiger partial charge < -0.3 is 36.2 Å². The number of hydrogen-bond acceptors (Lipinski definition) is 8.